The third kappa shape index (κ3) is 3.51. The van der Waals surface area contributed by atoms with Gasteiger partial charge in [-0.2, -0.15) is 0 Å². The van der Waals surface area contributed by atoms with Crippen LogP contribution in [0.1, 0.15) is 0 Å². The Labute approximate surface area is 86.0 Å². The Bertz CT molecular complexity index is 383. The lowest BCUT2D eigenvalue weighted by atomic mass is 10.3. The van der Waals surface area contributed by atoms with Crippen molar-refractivity contribution in [3.8, 4) is 5.75 Å². The molecule has 0 spiro atoms. The van der Waals surface area contributed by atoms with Crippen molar-refractivity contribution in [3.05, 3.63) is 36.9 Å². The lowest BCUT2D eigenvalue weighted by Gasteiger charge is -2.03. The lowest BCUT2D eigenvalue weighted by molar-refractivity contribution is -0.111. The maximum absolute atomic E-state index is 10.9. The van der Waals surface area contributed by atoms with E-state index in [1.165, 1.54) is 24.3 Å². The van der Waals surface area contributed by atoms with Crippen molar-refractivity contribution in [2.24, 2.45) is 0 Å². The summed E-state index contributed by atoms with van der Waals surface area (Å²) in [5.41, 5.74) is 0.539. The van der Waals surface area contributed by atoms with E-state index in [9.17, 15) is 9.59 Å². The standard InChI is InChI=1S/C10H9NO4/c1-2-9(12)11-7-3-5-8(6-4-7)15-10(13)14/h2-6H,1H2,(H,11,12)(H,13,14). The average molecular weight is 207 g/mol. The SMILES string of the molecule is C=CC(=O)Nc1ccc(OC(=O)O)cc1. The minimum Gasteiger partial charge on any atom is -0.449 e. The van der Waals surface area contributed by atoms with Crippen LogP contribution in [0.2, 0.25) is 0 Å². The smallest absolute Gasteiger partial charge is 0.449 e. The number of ether oxygens (including phenoxy) is 1. The molecule has 0 aromatic heterocycles. The summed E-state index contributed by atoms with van der Waals surface area (Å²) in [6, 6.07) is 5.93. The molecule has 0 unspecified atom stereocenters. The van der Waals surface area contributed by atoms with Crippen molar-refractivity contribution in [1.82, 2.24) is 0 Å². The van der Waals surface area contributed by atoms with Crippen LogP contribution >= 0.6 is 0 Å². The summed E-state index contributed by atoms with van der Waals surface area (Å²) < 4.78 is 4.38. The predicted molar refractivity (Wildman–Crippen MR) is 53.9 cm³/mol. The van der Waals surface area contributed by atoms with Gasteiger partial charge in [0.25, 0.3) is 0 Å². The molecule has 15 heavy (non-hydrogen) atoms. The Morgan fingerprint density at radius 2 is 1.93 bits per heavy atom. The molecule has 2 N–H and O–H groups in total. The Kier molecular flexibility index (Phi) is 3.45. The summed E-state index contributed by atoms with van der Waals surface area (Å²) in [6.45, 7) is 3.30. The molecule has 0 aliphatic carbocycles. The minimum absolute atomic E-state index is 0.194. The molecule has 5 nitrogen and oxygen atoms in total. The number of carbonyl (C=O) groups is 2. The van der Waals surface area contributed by atoms with Crippen LogP contribution in [-0.4, -0.2) is 17.2 Å². The molecule has 0 saturated carbocycles. The molecule has 0 fully saturated rings. The maximum atomic E-state index is 10.9. The van der Waals surface area contributed by atoms with E-state index < -0.39 is 6.16 Å². The number of carbonyl (C=O) groups excluding carboxylic acids is 1. The summed E-state index contributed by atoms with van der Waals surface area (Å²) in [5.74, 6) is -0.138. The first-order valence-corrected chi connectivity index (χ1v) is 4.06. The van der Waals surface area contributed by atoms with Gasteiger partial charge in [-0.05, 0) is 30.3 Å². The molecule has 1 rings (SSSR count). The predicted octanol–water partition coefficient (Wildman–Crippen LogP) is 1.87. The molecule has 0 bridgehead atoms. The van der Waals surface area contributed by atoms with Crippen LogP contribution < -0.4 is 10.1 Å². The molecule has 0 heterocycles. The summed E-state index contributed by atoms with van der Waals surface area (Å²) in [4.78, 5) is 21.1. The molecule has 5 heteroatoms. The van der Waals surface area contributed by atoms with E-state index in [0.717, 1.165) is 6.08 Å². The highest BCUT2D eigenvalue weighted by atomic mass is 16.7. The Morgan fingerprint density at radius 3 is 2.40 bits per heavy atom. The molecular formula is C10H9NO4. The second kappa shape index (κ2) is 4.80. The molecule has 1 aromatic carbocycles. The molecule has 1 aromatic rings. The summed E-state index contributed by atoms with van der Waals surface area (Å²) in [5, 5.41) is 10.8. The fourth-order valence-corrected chi connectivity index (χ4v) is 0.900. The molecule has 0 atom stereocenters. The van der Waals surface area contributed by atoms with Crippen LogP contribution in [0.5, 0.6) is 5.75 Å². The number of carboxylic acid groups (broad SMARTS) is 1. The second-order valence-corrected chi connectivity index (χ2v) is 2.59. The van der Waals surface area contributed by atoms with Gasteiger partial charge in [-0.3, -0.25) is 4.79 Å². The number of anilines is 1. The van der Waals surface area contributed by atoms with Gasteiger partial charge in [0.15, 0.2) is 0 Å². The van der Waals surface area contributed by atoms with Crippen molar-refractivity contribution in [1.29, 1.82) is 0 Å². The summed E-state index contributed by atoms with van der Waals surface area (Å²) in [7, 11) is 0. The van der Waals surface area contributed by atoms with Crippen LogP contribution in [0.25, 0.3) is 0 Å². The number of rotatable bonds is 3. The maximum Gasteiger partial charge on any atom is 0.511 e. The highest BCUT2D eigenvalue weighted by Gasteiger charge is 2.01. The van der Waals surface area contributed by atoms with Crippen molar-refractivity contribution in [2.45, 2.75) is 0 Å². The first kappa shape index (κ1) is 10.8. The van der Waals surface area contributed by atoms with E-state index in [1.54, 1.807) is 0 Å². The van der Waals surface area contributed by atoms with Crippen LogP contribution in [0, 0.1) is 0 Å². The third-order valence-corrected chi connectivity index (χ3v) is 1.51. The zero-order chi connectivity index (χ0) is 11.3. The Morgan fingerprint density at radius 1 is 1.33 bits per heavy atom. The second-order valence-electron chi connectivity index (χ2n) is 2.59. The van der Waals surface area contributed by atoms with E-state index >= 15 is 0 Å². The molecule has 0 saturated heterocycles. The number of amides is 1. The number of nitrogens with one attached hydrogen (secondary N) is 1. The largest absolute Gasteiger partial charge is 0.511 e. The molecule has 0 aliphatic rings. The monoisotopic (exact) mass is 207 g/mol. The Balaban J connectivity index is 2.67. The van der Waals surface area contributed by atoms with E-state index in [-0.39, 0.29) is 11.7 Å². The van der Waals surface area contributed by atoms with Crippen LogP contribution in [0.4, 0.5) is 10.5 Å². The first-order valence-electron chi connectivity index (χ1n) is 4.06. The number of hydrogen-bond acceptors (Lipinski definition) is 3. The van der Waals surface area contributed by atoms with Crippen molar-refractivity contribution in [3.63, 3.8) is 0 Å². The van der Waals surface area contributed by atoms with Gasteiger partial charge in [0.05, 0.1) is 0 Å². The quantitative estimate of drug-likeness (QED) is 0.450. The molecule has 78 valence electrons. The first-order chi connectivity index (χ1) is 7.11. The summed E-state index contributed by atoms with van der Waals surface area (Å²) >= 11 is 0. The van der Waals surface area contributed by atoms with Gasteiger partial charge in [0.2, 0.25) is 5.91 Å². The van der Waals surface area contributed by atoms with E-state index in [4.69, 9.17) is 5.11 Å². The topological polar surface area (TPSA) is 75.6 Å². The van der Waals surface area contributed by atoms with Crippen molar-refractivity contribution < 1.29 is 19.4 Å². The number of benzene rings is 1. The van der Waals surface area contributed by atoms with Gasteiger partial charge in [0.1, 0.15) is 5.75 Å². The van der Waals surface area contributed by atoms with Crippen LogP contribution in [0.15, 0.2) is 36.9 Å². The average Bonchev–Trinajstić information content (AvgIpc) is 2.20. The minimum atomic E-state index is -1.38. The van der Waals surface area contributed by atoms with Crippen molar-refractivity contribution in [2.75, 3.05) is 5.32 Å². The van der Waals surface area contributed by atoms with Gasteiger partial charge in [-0.25, -0.2) is 4.79 Å². The number of hydrogen-bond donors (Lipinski definition) is 2. The highest BCUT2D eigenvalue weighted by molar-refractivity contribution is 5.98. The van der Waals surface area contributed by atoms with Gasteiger partial charge >= 0.3 is 6.16 Å². The zero-order valence-corrected chi connectivity index (χ0v) is 7.77. The fraction of sp³-hybridized carbons (Fsp3) is 0. The summed E-state index contributed by atoms with van der Waals surface area (Å²) in [6.07, 6.45) is -0.236. The molecule has 0 radical (unpaired) electrons. The lowest BCUT2D eigenvalue weighted by Crippen LogP contribution is -2.07. The fourth-order valence-electron chi connectivity index (χ4n) is 0.900. The van der Waals surface area contributed by atoms with Crippen molar-refractivity contribution >= 4 is 17.7 Å². The van der Waals surface area contributed by atoms with Gasteiger partial charge < -0.3 is 15.2 Å². The Hall–Kier alpha value is -2.30. The molecule has 1 amide bonds. The molecular weight excluding hydrogens is 198 g/mol. The molecule has 0 aliphatic heterocycles. The van der Waals surface area contributed by atoms with Crippen LogP contribution in [0.3, 0.4) is 0 Å². The van der Waals surface area contributed by atoms with E-state index in [1.807, 2.05) is 0 Å². The van der Waals surface area contributed by atoms with Crippen LogP contribution in [-0.2, 0) is 4.79 Å². The van der Waals surface area contributed by atoms with E-state index in [2.05, 4.69) is 16.6 Å². The van der Waals surface area contributed by atoms with E-state index in [0.29, 0.717) is 5.69 Å². The van der Waals surface area contributed by atoms with Gasteiger partial charge in [-0.1, -0.05) is 6.58 Å². The zero-order valence-electron chi connectivity index (χ0n) is 7.77. The van der Waals surface area contributed by atoms with Gasteiger partial charge in [-0.15, -0.1) is 0 Å². The highest BCUT2D eigenvalue weighted by Crippen LogP contribution is 2.15. The third-order valence-electron chi connectivity index (χ3n) is 1.51. The normalized spacial score (nSPS) is 9.07. The van der Waals surface area contributed by atoms with Gasteiger partial charge in [0, 0.05) is 5.69 Å².